The largest absolute Gasteiger partial charge is 0.456 e. The van der Waals surface area contributed by atoms with Crippen molar-refractivity contribution in [1.29, 1.82) is 0 Å². The van der Waals surface area contributed by atoms with Crippen molar-refractivity contribution in [2.24, 2.45) is 9.98 Å². The van der Waals surface area contributed by atoms with E-state index in [2.05, 4.69) is 143 Å². The molecule has 0 amide bonds. The molecule has 1 aliphatic heterocycles. The van der Waals surface area contributed by atoms with Crippen molar-refractivity contribution < 1.29 is 4.42 Å². The van der Waals surface area contributed by atoms with E-state index in [1.54, 1.807) is 0 Å². The van der Waals surface area contributed by atoms with Crippen LogP contribution < -0.4 is 5.32 Å². The third kappa shape index (κ3) is 4.63. The minimum Gasteiger partial charge on any atom is -0.456 e. The van der Waals surface area contributed by atoms with Gasteiger partial charge >= 0.3 is 0 Å². The van der Waals surface area contributed by atoms with E-state index in [0.29, 0.717) is 0 Å². The van der Waals surface area contributed by atoms with Crippen LogP contribution in [-0.2, 0) is 0 Å². The number of aliphatic imine (C=N–C) groups is 2. The zero-order valence-electron chi connectivity index (χ0n) is 27.0. The Kier molecular flexibility index (Phi) is 6.49. The van der Waals surface area contributed by atoms with Gasteiger partial charge in [0.25, 0.3) is 0 Å². The maximum atomic E-state index is 6.79. The number of aromatic nitrogens is 1. The van der Waals surface area contributed by atoms with E-state index in [1.807, 2.05) is 36.4 Å². The highest BCUT2D eigenvalue weighted by molar-refractivity contribution is 6.16. The maximum Gasteiger partial charge on any atom is 0.173 e. The van der Waals surface area contributed by atoms with Crippen molar-refractivity contribution in [3.8, 4) is 16.8 Å². The first-order valence-electron chi connectivity index (χ1n) is 16.9. The van der Waals surface area contributed by atoms with Crippen LogP contribution in [0.5, 0.6) is 0 Å². The second kappa shape index (κ2) is 11.5. The Morgan fingerprint density at radius 3 is 1.80 bits per heavy atom. The van der Waals surface area contributed by atoms with Gasteiger partial charge in [-0.2, -0.15) is 0 Å². The van der Waals surface area contributed by atoms with Crippen LogP contribution in [0, 0.1) is 0 Å². The van der Waals surface area contributed by atoms with E-state index in [1.165, 1.54) is 21.9 Å². The number of nitrogens with zero attached hydrogens (tertiary/aromatic N) is 3. The summed E-state index contributed by atoms with van der Waals surface area (Å²) in [5.41, 5.74) is 10.3. The number of amidine groups is 2. The Morgan fingerprint density at radius 2 is 1.08 bits per heavy atom. The standard InChI is InChI=1S/C45H30N4O/c1-4-13-29(14-5-1)32-23-26-40-38(27-32)34-19-10-11-22-39(34)49(40)33-24-25-35-36-20-12-21-37(42(36)50-41(35)28-33)45-47-43(30-15-6-2-7-16-30)46-44(48-45)31-17-8-3-9-18-31/h1-28,45H,(H,46,47,48). The summed E-state index contributed by atoms with van der Waals surface area (Å²) >= 11 is 0. The summed E-state index contributed by atoms with van der Waals surface area (Å²) in [6.07, 6.45) is -0.485. The summed E-state index contributed by atoms with van der Waals surface area (Å²) in [5, 5.41) is 8.04. The van der Waals surface area contributed by atoms with Crippen LogP contribution in [0.3, 0.4) is 0 Å². The second-order valence-electron chi connectivity index (χ2n) is 12.6. The third-order valence-electron chi connectivity index (χ3n) is 9.66. The van der Waals surface area contributed by atoms with Gasteiger partial charge in [-0.05, 0) is 41.5 Å². The molecule has 0 bridgehead atoms. The zero-order valence-corrected chi connectivity index (χ0v) is 27.0. The SMILES string of the molecule is c1ccc(C2=NC(c3cccc4c3oc3cc(-n5c6ccccc6c6cc(-c7ccccc7)ccc65)ccc34)N=C(c3ccccc3)N2)cc1. The Balaban J connectivity index is 1.13. The van der Waals surface area contributed by atoms with Gasteiger partial charge in [-0.3, -0.25) is 0 Å². The molecule has 0 saturated heterocycles. The minimum atomic E-state index is -0.485. The van der Waals surface area contributed by atoms with E-state index < -0.39 is 6.17 Å². The van der Waals surface area contributed by atoms with Crippen LogP contribution >= 0.6 is 0 Å². The second-order valence-corrected chi connectivity index (χ2v) is 12.6. The average Bonchev–Trinajstić information content (AvgIpc) is 3.74. The molecule has 0 radical (unpaired) electrons. The molecule has 0 aliphatic carbocycles. The van der Waals surface area contributed by atoms with Gasteiger partial charge in [0.2, 0.25) is 0 Å². The fourth-order valence-electron chi connectivity index (χ4n) is 7.29. The van der Waals surface area contributed by atoms with Gasteiger partial charge in [0.05, 0.1) is 11.0 Å². The predicted octanol–water partition coefficient (Wildman–Crippen LogP) is 10.8. The topological polar surface area (TPSA) is 54.8 Å². The molecule has 2 aromatic heterocycles. The van der Waals surface area contributed by atoms with Crippen LogP contribution in [0.15, 0.2) is 184 Å². The number of benzene rings is 7. The molecule has 0 fully saturated rings. The average molecular weight is 643 g/mol. The fourth-order valence-corrected chi connectivity index (χ4v) is 7.29. The number of rotatable bonds is 5. The Bertz CT molecular complexity index is 2720. The highest BCUT2D eigenvalue weighted by Crippen LogP contribution is 2.39. The summed E-state index contributed by atoms with van der Waals surface area (Å²) in [6, 6.07) is 59.2. The molecule has 3 heterocycles. The minimum absolute atomic E-state index is 0.485. The lowest BCUT2D eigenvalue weighted by molar-refractivity contribution is 0.649. The lowest BCUT2D eigenvalue weighted by atomic mass is 10.0. The maximum absolute atomic E-state index is 6.79. The van der Waals surface area contributed by atoms with E-state index in [9.17, 15) is 0 Å². The summed E-state index contributed by atoms with van der Waals surface area (Å²) < 4.78 is 9.13. The molecule has 5 heteroatoms. The highest BCUT2D eigenvalue weighted by atomic mass is 16.3. The van der Waals surface area contributed by atoms with Crippen LogP contribution in [0.4, 0.5) is 0 Å². The Hall–Kier alpha value is -6.72. The molecule has 9 aromatic rings. The van der Waals surface area contributed by atoms with Crippen molar-refractivity contribution in [2.75, 3.05) is 0 Å². The summed E-state index contributed by atoms with van der Waals surface area (Å²) in [4.78, 5) is 10.3. The number of nitrogens with one attached hydrogen (secondary N) is 1. The monoisotopic (exact) mass is 642 g/mol. The number of hydrogen-bond donors (Lipinski definition) is 1. The lowest BCUT2D eigenvalue weighted by Crippen LogP contribution is -2.36. The van der Waals surface area contributed by atoms with Crippen molar-refractivity contribution >= 4 is 55.4 Å². The number of hydrogen-bond acceptors (Lipinski definition) is 4. The summed E-state index contributed by atoms with van der Waals surface area (Å²) in [7, 11) is 0. The van der Waals surface area contributed by atoms with Crippen molar-refractivity contribution in [3.05, 3.63) is 187 Å². The van der Waals surface area contributed by atoms with E-state index >= 15 is 0 Å². The van der Waals surface area contributed by atoms with Crippen LogP contribution in [0.1, 0.15) is 22.9 Å². The summed E-state index contributed by atoms with van der Waals surface area (Å²) in [6.45, 7) is 0. The predicted molar refractivity (Wildman–Crippen MR) is 205 cm³/mol. The van der Waals surface area contributed by atoms with Crippen molar-refractivity contribution in [1.82, 2.24) is 9.88 Å². The first kappa shape index (κ1) is 28.3. The van der Waals surface area contributed by atoms with Gasteiger partial charge < -0.3 is 14.3 Å². The smallest absolute Gasteiger partial charge is 0.173 e. The molecule has 0 unspecified atom stereocenters. The molecular weight excluding hydrogens is 613 g/mol. The first-order valence-corrected chi connectivity index (χ1v) is 16.9. The molecule has 236 valence electrons. The van der Waals surface area contributed by atoms with Crippen LogP contribution in [-0.4, -0.2) is 16.2 Å². The zero-order chi connectivity index (χ0) is 33.0. The van der Waals surface area contributed by atoms with Crippen LogP contribution in [0.25, 0.3) is 60.6 Å². The molecule has 10 rings (SSSR count). The molecule has 0 atom stereocenters. The Labute approximate surface area is 288 Å². The molecule has 50 heavy (non-hydrogen) atoms. The van der Waals surface area contributed by atoms with Gasteiger partial charge in [-0.15, -0.1) is 0 Å². The van der Waals surface area contributed by atoms with Gasteiger partial charge in [-0.25, -0.2) is 9.98 Å². The fraction of sp³-hybridized carbons (Fsp3) is 0.0222. The molecule has 5 nitrogen and oxygen atoms in total. The molecule has 1 N–H and O–H groups in total. The van der Waals surface area contributed by atoms with Crippen molar-refractivity contribution in [3.63, 3.8) is 0 Å². The van der Waals surface area contributed by atoms with E-state index in [0.717, 1.165) is 67.0 Å². The molecule has 0 spiro atoms. The quantitative estimate of drug-likeness (QED) is 0.203. The Morgan fingerprint density at radius 1 is 0.460 bits per heavy atom. The van der Waals surface area contributed by atoms with Gasteiger partial charge in [-0.1, -0.05) is 133 Å². The van der Waals surface area contributed by atoms with E-state index in [-0.39, 0.29) is 0 Å². The summed E-state index contributed by atoms with van der Waals surface area (Å²) in [5.74, 6) is 1.56. The highest BCUT2D eigenvalue weighted by Gasteiger charge is 2.24. The number of para-hydroxylation sites is 2. The van der Waals surface area contributed by atoms with Gasteiger partial charge in [0.15, 0.2) is 6.17 Å². The van der Waals surface area contributed by atoms with Crippen LogP contribution in [0.2, 0.25) is 0 Å². The normalized spacial score (nSPS) is 13.5. The van der Waals surface area contributed by atoms with Gasteiger partial charge in [0, 0.05) is 50.0 Å². The molecule has 7 aromatic carbocycles. The molecular formula is C45H30N4O. The number of furan rings is 1. The van der Waals surface area contributed by atoms with E-state index in [4.69, 9.17) is 14.4 Å². The van der Waals surface area contributed by atoms with Gasteiger partial charge in [0.1, 0.15) is 22.8 Å². The molecule has 0 saturated carbocycles. The van der Waals surface area contributed by atoms with Crippen molar-refractivity contribution in [2.45, 2.75) is 6.17 Å². The third-order valence-corrected chi connectivity index (χ3v) is 9.66. The number of fused-ring (bicyclic) bond motifs is 6. The molecule has 1 aliphatic rings. The lowest BCUT2D eigenvalue weighted by Gasteiger charge is -2.22. The first-order chi connectivity index (χ1) is 24.8.